The molecule has 0 amide bonds. The van der Waals surface area contributed by atoms with Gasteiger partial charge in [0, 0.05) is 71.4 Å². The lowest BCUT2D eigenvalue weighted by molar-refractivity contribution is 0.388. The van der Waals surface area contributed by atoms with Crippen molar-refractivity contribution in [2.75, 3.05) is 62.4 Å². The van der Waals surface area contributed by atoms with Crippen LogP contribution in [0, 0.1) is 0 Å². The van der Waals surface area contributed by atoms with E-state index in [1.54, 1.807) is 0 Å². The largest absolute Gasteiger partial charge is 0.371 e. The van der Waals surface area contributed by atoms with Gasteiger partial charge in [0.1, 0.15) is 0 Å². The van der Waals surface area contributed by atoms with Crippen molar-refractivity contribution in [3.63, 3.8) is 0 Å². The number of nitrogens with zero attached hydrogens (tertiary/aromatic N) is 2. The van der Waals surface area contributed by atoms with Gasteiger partial charge in [0.15, 0.2) is 0 Å². The fourth-order valence-electron chi connectivity index (χ4n) is 3.81. The minimum Gasteiger partial charge on any atom is -0.371 e. The Morgan fingerprint density at radius 3 is 1.33 bits per heavy atom. The maximum Gasteiger partial charge on any atom is 0.0984 e. The number of ether oxygens (including phenoxy) is 4. The molecule has 9 heteroatoms. The summed E-state index contributed by atoms with van der Waals surface area (Å²) in [4.78, 5) is 6.87. The molecule has 4 aliphatic heterocycles. The van der Waals surface area contributed by atoms with Gasteiger partial charge in [-0.3, -0.25) is 0 Å². The van der Waals surface area contributed by atoms with Crippen molar-refractivity contribution in [2.45, 2.75) is 34.2 Å². The number of benzene rings is 2. The Bertz CT molecular complexity index is 846. The highest BCUT2D eigenvalue weighted by atomic mass is 32.2. The van der Waals surface area contributed by atoms with Crippen molar-refractivity contribution >= 4 is 35.5 Å². The average molecular weight is 489 g/mol. The van der Waals surface area contributed by atoms with Gasteiger partial charge < -0.3 is 28.7 Å². The van der Waals surface area contributed by atoms with E-state index in [1.165, 1.54) is 35.5 Å². The third-order valence-corrected chi connectivity index (χ3v) is 7.37. The summed E-state index contributed by atoms with van der Waals surface area (Å²) in [6, 6.07) is 17.0. The molecular formula is C24H28N2O5S2. The van der Waals surface area contributed by atoms with Crippen LogP contribution in [0.5, 0.6) is 0 Å². The van der Waals surface area contributed by atoms with Gasteiger partial charge in [-0.1, -0.05) is 12.1 Å². The van der Waals surface area contributed by atoms with Crippen molar-refractivity contribution in [3.05, 3.63) is 48.5 Å². The molecule has 4 atom stereocenters. The molecule has 0 bridgehead atoms. The predicted octanol–water partition coefficient (Wildman–Crippen LogP) is 3.63. The van der Waals surface area contributed by atoms with Crippen LogP contribution < -0.4 is 9.80 Å². The van der Waals surface area contributed by atoms with Gasteiger partial charge in [-0.05, 0) is 36.4 Å². The van der Waals surface area contributed by atoms with Gasteiger partial charge in [-0.2, -0.15) is 0 Å². The van der Waals surface area contributed by atoms with E-state index in [0.29, 0.717) is 24.4 Å². The SMILES string of the molecule is c1cc(SOSc2cccc(N(CC3CO3)CC3CO3)c2)cc(N(CC2CO2)CC2CO2)c1. The monoisotopic (exact) mass is 488 g/mol. The van der Waals surface area contributed by atoms with E-state index < -0.39 is 0 Å². The fourth-order valence-corrected chi connectivity index (χ4v) is 5.18. The molecule has 2 aromatic rings. The standard InChI is InChI=1S/C24H28N2O5S2/c1-3-17(25(9-19-13-27-19)10-20-14-28-20)7-23(5-1)32-31-33-24-6-2-4-18(8-24)26(11-21-15-29-21)12-22-16-30-22/h1-8,19-22H,9-16H2. The Morgan fingerprint density at radius 1 is 0.636 bits per heavy atom. The summed E-state index contributed by atoms with van der Waals surface area (Å²) in [7, 11) is 0. The van der Waals surface area contributed by atoms with Crippen LogP contribution in [-0.4, -0.2) is 77.0 Å². The Morgan fingerprint density at radius 2 is 1.00 bits per heavy atom. The highest BCUT2D eigenvalue weighted by molar-refractivity contribution is 8.07. The predicted molar refractivity (Wildman–Crippen MR) is 129 cm³/mol. The van der Waals surface area contributed by atoms with Crippen LogP contribution in [0.25, 0.3) is 0 Å². The average Bonchev–Trinajstić information content (AvgIpc) is 3.65. The topological polar surface area (TPSA) is 65.8 Å². The lowest BCUT2D eigenvalue weighted by atomic mass is 10.2. The molecule has 0 radical (unpaired) electrons. The normalized spacial score (nSPS) is 26.7. The van der Waals surface area contributed by atoms with Crippen molar-refractivity contribution in [3.8, 4) is 0 Å². The second-order valence-corrected chi connectivity index (χ2v) is 10.7. The molecule has 0 aromatic heterocycles. The van der Waals surface area contributed by atoms with Crippen LogP contribution in [0.15, 0.2) is 58.3 Å². The zero-order valence-corrected chi connectivity index (χ0v) is 20.0. The summed E-state index contributed by atoms with van der Waals surface area (Å²) in [5.74, 6) is 0. The summed E-state index contributed by atoms with van der Waals surface area (Å²) in [5.41, 5.74) is 2.36. The smallest absolute Gasteiger partial charge is 0.0984 e. The zero-order valence-electron chi connectivity index (χ0n) is 18.3. The van der Waals surface area contributed by atoms with Crippen LogP contribution in [0.1, 0.15) is 0 Å². The summed E-state index contributed by atoms with van der Waals surface area (Å²) >= 11 is 2.78. The minimum absolute atomic E-state index is 0.344. The van der Waals surface area contributed by atoms with E-state index in [1.807, 2.05) is 0 Å². The first-order valence-electron chi connectivity index (χ1n) is 11.5. The number of anilines is 2. The lowest BCUT2D eigenvalue weighted by Crippen LogP contribution is -2.31. The van der Waals surface area contributed by atoms with Gasteiger partial charge >= 0.3 is 0 Å². The molecule has 0 spiro atoms. The van der Waals surface area contributed by atoms with Crippen LogP contribution in [0.2, 0.25) is 0 Å². The molecule has 0 saturated carbocycles. The minimum atomic E-state index is 0.344. The van der Waals surface area contributed by atoms with E-state index >= 15 is 0 Å². The molecule has 4 aliphatic rings. The molecule has 176 valence electrons. The summed E-state index contributed by atoms with van der Waals surface area (Å²) in [6.07, 6.45) is 1.38. The van der Waals surface area contributed by atoms with Crippen LogP contribution in [0.3, 0.4) is 0 Å². The Balaban J connectivity index is 1.05. The van der Waals surface area contributed by atoms with Crippen molar-refractivity contribution in [1.82, 2.24) is 0 Å². The van der Waals surface area contributed by atoms with Crippen molar-refractivity contribution in [2.24, 2.45) is 0 Å². The first-order chi connectivity index (χ1) is 16.3. The molecule has 0 aliphatic carbocycles. The lowest BCUT2D eigenvalue weighted by Gasteiger charge is -2.24. The van der Waals surface area contributed by atoms with E-state index in [0.717, 1.165) is 62.4 Å². The third kappa shape index (κ3) is 6.79. The molecule has 7 nitrogen and oxygen atoms in total. The van der Waals surface area contributed by atoms with Crippen molar-refractivity contribution in [1.29, 1.82) is 0 Å². The number of epoxide rings is 4. The summed E-state index contributed by atoms with van der Waals surface area (Å²) in [5, 5.41) is 0. The fraction of sp³-hybridized carbons (Fsp3) is 0.500. The van der Waals surface area contributed by atoms with Gasteiger partial charge in [-0.25, -0.2) is 3.63 Å². The Kier molecular flexibility index (Phi) is 6.70. The molecule has 6 rings (SSSR count). The molecule has 4 saturated heterocycles. The van der Waals surface area contributed by atoms with Crippen molar-refractivity contribution < 1.29 is 22.6 Å². The van der Waals surface area contributed by atoms with Gasteiger partial charge in [0.25, 0.3) is 0 Å². The Labute approximate surface area is 203 Å². The van der Waals surface area contributed by atoms with Crippen LogP contribution in [0.4, 0.5) is 11.4 Å². The number of hydrogen-bond acceptors (Lipinski definition) is 9. The maximum absolute atomic E-state index is 5.95. The van der Waals surface area contributed by atoms with Gasteiger partial charge in [0.05, 0.1) is 50.8 Å². The number of rotatable bonds is 14. The molecular weight excluding hydrogens is 460 g/mol. The van der Waals surface area contributed by atoms with E-state index in [4.69, 9.17) is 22.6 Å². The molecule has 4 heterocycles. The highest BCUT2D eigenvalue weighted by Crippen LogP contribution is 2.34. The summed E-state index contributed by atoms with van der Waals surface area (Å²) < 4.78 is 27.7. The molecule has 33 heavy (non-hydrogen) atoms. The van der Waals surface area contributed by atoms with Crippen LogP contribution >= 0.6 is 24.1 Å². The molecule has 0 N–H and O–H groups in total. The van der Waals surface area contributed by atoms with E-state index in [-0.39, 0.29) is 0 Å². The summed E-state index contributed by atoms with van der Waals surface area (Å²) in [6.45, 7) is 7.05. The quantitative estimate of drug-likeness (QED) is 0.293. The van der Waals surface area contributed by atoms with E-state index in [9.17, 15) is 0 Å². The van der Waals surface area contributed by atoms with Crippen LogP contribution in [-0.2, 0) is 22.6 Å². The second-order valence-electron chi connectivity index (χ2n) is 8.86. The molecule has 4 fully saturated rings. The number of hydrogen-bond donors (Lipinski definition) is 0. The maximum atomic E-state index is 5.95. The highest BCUT2D eigenvalue weighted by Gasteiger charge is 2.32. The molecule has 2 aromatic carbocycles. The Hall–Kier alpha value is -1.46. The molecule has 4 unspecified atom stereocenters. The first-order valence-corrected chi connectivity index (χ1v) is 12.9. The second kappa shape index (κ2) is 10.0. The van der Waals surface area contributed by atoms with E-state index in [2.05, 4.69) is 58.3 Å². The first kappa shape index (κ1) is 22.0. The van der Waals surface area contributed by atoms with Gasteiger partial charge in [0.2, 0.25) is 0 Å². The zero-order chi connectivity index (χ0) is 22.0. The van der Waals surface area contributed by atoms with Gasteiger partial charge in [-0.15, -0.1) is 0 Å². The third-order valence-electron chi connectivity index (χ3n) is 5.93.